The SMILES string of the molecule is CN=C(NCCC(=O)N1CCN(c2ccc(F)cc2)CC1)NCCn1cccc1. The van der Waals surface area contributed by atoms with E-state index in [1.807, 2.05) is 29.4 Å². The number of hydrogen-bond donors (Lipinski definition) is 2. The molecule has 2 aromatic rings. The zero-order chi connectivity index (χ0) is 20.5. The Balaban J connectivity index is 1.33. The van der Waals surface area contributed by atoms with Gasteiger partial charge in [-0.2, -0.15) is 0 Å². The molecule has 2 heterocycles. The summed E-state index contributed by atoms with van der Waals surface area (Å²) in [6.45, 7) is 5.03. The van der Waals surface area contributed by atoms with Crippen LogP contribution in [0.1, 0.15) is 6.42 Å². The van der Waals surface area contributed by atoms with Gasteiger partial charge in [0.15, 0.2) is 5.96 Å². The van der Waals surface area contributed by atoms with E-state index in [2.05, 4.69) is 25.1 Å². The Bertz CT molecular complexity index is 782. The number of benzene rings is 1. The van der Waals surface area contributed by atoms with Crippen molar-refractivity contribution in [2.45, 2.75) is 13.0 Å². The predicted octanol–water partition coefficient (Wildman–Crippen LogP) is 1.53. The van der Waals surface area contributed by atoms with Crippen LogP contribution in [0.3, 0.4) is 0 Å². The van der Waals surface area contributed by atoms with Gasteiger partial charge in [0, 0.05) is 77.4 Å². The van der Waals surface area contributed by atoms with E-state index in [-0.39, 0.29) is 11.7 Å². The third-order valence-corrected chi connectivity index (χ3v) is 5.01. The Kier molecular flexibility index (Phi) is 7.49. The molecule has 1 aromatic heterocycles. The molecule has 8 heteroatoms. The van der Waals surface area contributed by atoms with Crippen molar-refractivity contribution in [1.82, 2.24) is 20.1 Å². The first kappa shape index (κ1) is 20.7. The molecule has 1 aliphatic rings. The molecule has 0 unspecified atom stereocenters. The van der Waals surface area contributed by atoms with Gasteiger partial charge in [0.25, 0.3) is 0 Å². The predicted molar refractivity (Wildman–Crippen MR) is 114 cm³/mol. The van der Waals surface area contributed by atoms with E-state index in [1.54, 1.807) is 19.2 Å². The number of nitrogens with one attached hydrogen (secondary N) is 2. The van der Waals surface area contributed by atoms with E-state index in [4.69, 9.17) is 0 Å². The van der Waals surface area contributed by atoms with E-state index < -0.39 is 0 Å². The summed E-state index contributed by atoms with van der Waals surface area (Å²) in [6.07, 6.45) is 4.47. The maximum absolute atomic E-state index is 13.1. The van der Waals surface area contributed by atoms with Crippen LogP contribution in [-0.4, -0.2) is 67.6 Å². The lowest BCUT2D eigenvalue weighted by atomic mass is 10.2. The minimum atomic E-state index is -0.232. The Morgan fingerprint density at radius 2 is 1.69 bits per heavy atom. The lowest BCUT2D eigenvalue weighted by molar-refractivity contribution is -0.131. The minimum Gasteiger partial charge on any atom is -0.368 e. The Hall–Kier alpha value is -3.03. The number of halogens is 1. The quantitative estimate of drug-likeness (QED) is 0.547. The highest BCUT2D eigenvalue weighted by molar-refractivity contribution is 5.81. The van der Waals surface area contributed by atoms with Crippen LogP contribution in [0.4, 0.5) is 10.1 Å². The summed E-state index contributed by atoms with van der Waals surface area (Å²) in [5.74, 6) is 0.606. The van der Waals surface area contributed by atoms with Crippen LogP contribution < -0.4 is 15.5 Å². The van der Waals surface area contributed by atoms with E-state index in [0.717, 1.165) is 31.9 Å². The van der Waals surface area contributed by atoms with Crippen LogP contribution in [0.25, 0.3) is 0 Å². The Morgan fingerprint density at radius 1 is 1.03 bits per heavy atom. The standard InChI is InChI=1S/C21H29FN6O/c1-23-21(25-10-13-26-11-2-3-12-26)24-9-8-20(29)28-16-14-27(15-17-28)19-6-4-18(22)5-7-19/h2-7,11-12H,8-10,13-17H2,1H3,(H2,23,24,25). The molecule has 0 spiro atoms. The number of amides is 1. The van der Waals surface area contributed by atoms with Gasteiger partial charge in [-0.05, 0) is 36.4 Å². The molecule has 29 heavy (non-hydrogen) atoms. The molecule has 2 N–H and O–H groups in total. The van der Waals surface area contributed by atoms with Gasteiger partial charge in [0.2, 0.25) is 5.91 Å². The second-order valence-corrected chi connectivity index (χ2v) is 6.94. The van der Waals surface area contributed by atoms with Gasteiger partial charge < -0.3 is 25.0 Å². The average molecular weight is 401 g/mol. The number of guanidine groups is 1. The topological polar surface area (TPSA) is 64.9 Å². The van der Waals surface area contributed by atoms with Crippen LogP contribution >= 0.6 is 0 Å². The molecule has 1 fully saturated rings. The van der Waals surface area contributed by atoms with Crippen molar-refractivity contribution in [1.29, 1.82) is 0 Å². The molecule has 0 atom stereocenters. The molecular weight excluding hydrogens is 371 g/mol. The summed E-state index contributed by atoms with van der Waals surface area (Å²) in [5.41, 5.74) is 0.995. The zero-order valence-corrected chi connectivity index (χ0v) is 16.9. The molecule has 1 aliphatic heterocycles. The fourth-order valence-electron chi connectivity index (χ4n) is 3.36. The fraction of sp³-hybridized carbons (Fsp3) is 0.429. The molecule has 156 valence electrons. The van der Waals surface area contributed by atoms with Gasteiger partial charge in [0.1, 0.15) is 5.82 Å². The summed E-state index contributed by atoms with van der Waals surface area (Å²) in [5, 5.41) is 6.44. The molecule has 3 rings (SSSR count). The Labute approximate surface area is 171 Å². The van der Waals surface area contributed by atoms with E-state index >= 15 is 0 Å². The third kappa shape index (κ3) is 6.23. The first-order valence-corrected chi connectivity index (χ1v) is 9.99. The summed E-state index contributed by atoms with van der Waals surface area (Å²) in [6, 6.07) is 10.5. The first-order chi connectivity index (χ1) is 14.2. The van der Waals surface area contributed by atoms with Gasteiger partial charge in [-0.25, -0.2) is 4.39 Å². The second-order valence-electron chi connectivity index (χ2n) is 6.94. The monoisotopic (exact) mass is 400 g/mol. The average Bonchev–Trinajstić information content (AvgIpc) is 3.27. The highest BCUT2D eigenvalue weighted by atomic mass is 19.1. The first-order valence-electron chi connectivity index (χ1n) is 9.99. The second kappa shape index (κ2) is 10.5. The van der Waals surface area contributed by atoms with Gasteiger partial charge >= 0.3 is 0 Å². The van der Waals surface area contributed by atoms with E-state index in [9.17, 15) is 9.18 Å². The molecule has 0 aliphatic carbocycles. The number of carbonyl (C=O) groups is 1. The maximum atomic E-state index is 13.1. The number of carbonyl (C=O) groups excluding carboxylic acids is 1. The number of rotatable bonds is 7. The van der Waals surface area contributed by atoms with Crippen molar-refractivity contribution in [3.05, 3.63) is 54.6 Å². The number of piperazine rings is 1. The van der Waals surface area contributed by atoms with Crippen LogP contribution in [0, 0.1) is 5.82 Å². The summed E-state index contributed by atoms with van der Waals surface area (Å²) in [4.78, 5) is 20.7. The van der Waals surface area contributed by atoms with Crippen LogP contribution in [0.15, 0.2) is 53.8 Å². The fourth-order valence-corrected chi connectivity index (χ4v) is 3.36. The van der Waals surface area contributed by atoms with E-state index in [1.165, 1.54) is 12.1 Å². The highest BCUT2D eigenvalue weighted by Gasteiger charge is 2.21. The van der Waals surface area contributed by atoms with Gasteiger partial charge in [-0.1, -0.05) is 0 Å². The van der Waals surface area contributed by atoms with Crippen molar-refractivity contribution in [2.75, 3.05) is 51.2 Å². The van der Waals surface area contributed by atoms with E-state index in [0.29, 0.717) is 32.0 Å². The molecule has 0 radical (unpaired) electrons. The third-order valence-electron chi connectivity index (χ3n) is 5.01. The maximum Gasteiger partial charge on any atom is 0.224 e. The number of aromatic nitrogens is 1. The van der Waals surface area contributed by atoms with Crippen molar-refractivity contribution < 1.29 is 9.18 Å². The molecule has 1 aromatic carbocycles. The highest BCUT2D eigenvalue weighted by Crippen LogP contribution is 2.17. The molecule has 1 amide bonds. The summed E-state index contributed by atoms with van der Waals surface area (Å²) in [7, 11) is 1.72. The van der Waals surface area contributed by atoms with Crippen molar-refractivity contribution in [2.24, 2.45) is 4.99 Å². The van der Waals surface area contributed by atoms with Crippen LogP contribution in [0.5, 0.6) is 0 Å². The zero-order valence-electron chi connectivity index (χ0n) is 16.9. The normalized spacial score (nSPS) is 14.8. The van der Waals surface area contributed by atoms with Crippen molar-refractivity contribution >= 4 is 17.6 Å². The number of nitrogens with zero attached hydrogens (tertiary/aromatic N) is 4. The number of hydrogen-bond acceptors (Lipinski definition) is 3. The molecule has 1 saturated heterocycles. The van der Waals surface area contributed by atoms with Crippen molar-refractivity contribution in [3.8, 4) is 0 Å². The smallest absolute Gasteiger partial charge is 0.224 e. The van der Waals surface area contributed by atoms with Gasteiger partial charge in [0.05, 0.1) is 0 Å². The largest absolute Gasteiger partial charge is 0.368 e. The van der Waals surface area contributed by atoms with Crippen LogP contribution in [0.2, 0.25) is 0 Å². The number of anilines is 1. The lowest BCUT2D eigenvalue weighted by Gasteiger charge is -2.36. The van der Waals surface area contributed by atoms with Gasteiger partial charge in [-0.15, -0.1) is 0 Å². The number of aliphatic imine (C=N–C) groups is 1. The minimum absolute atomic E-state index is 0.138. The van der Waals surface area contributed by atoms with Gasteiger partial charge in [-0.3, -0.25) is 9.79 Å². The van der Waals surface area contributed by atoms with Crippen molar-refractivity contribution in [3.63, 3.8) is 0 Å². The summed E-state index contributed by atoms with van der Waals surface area (Å²) >= 11 is 0. The molecule has 0 bridgehead atoms. The molecular formula is C21H29FN6O. The molecule has 7 nitrogen and oxygen atoms in total. The molecule has 0 saturated carbocycles. The van der Waals surface area contributed by atoms with Crippen LogP contribution in [-0.2, 0) is 11.3 Å². The lowest BCUT2D eigenvalue weighted by Crippen LogP contribution is -2.49. The Morgan fingerprint density at radius 3 is 2.34 bits per heavy atom. The summed E-state index contributed by atoms with van der Waals surface area (Å²) < 4.78 is 15.2.